The van der Waals surface area contributed by atoms with Crippen LogP contribution in [0, 0.1) is 35.3 Å². The first-order chi connectivity index (χ1) is 13.0. The summed E-state index contributed by atoms with van der Waals surface area (Å²) in [5, 5.41) is 26.1. The second-order valence-corrected chi connectivity index (χ2v) is 7.31. The van der Waals surface area contributed by atoms with Crippen molar-refractivity contribution in [2.45, 2.75) is 44.9 Å². The molecule has 1 saturated heterocycles. The molecule has 7 heteroatoms. The zero-order chi connectivity index (χ0) is 19.1. The number of nitrogens with one attached hydrogen (secondary N) is 2. The molecule has 2 heterocycles. The third-order valence-corrected chi connectivity index (χ3v) is 5.57. The van der Waals surface area contributed by atoms with Gasteiger partial charge in [-0.3, -0.25) is 15.4 Å². The number of aryl methyl sites for hydroxylation is 2. The Morgan fingerprint density at radius 2 is 2.15 bits per heavy atom. The largest absolute Gasteiger partial charge is 0.323 e. The summed E-state index contributed by atoms with van der Waals surface area (Å²) < 4.78 is 0. The van der Waals surface area contributed by atoms with Gasteiger partial charge >= 0.3 is 0 Å². The monoisotopic (exact) mass is 363 g/mol. The van der Waals surface area contributed by atoms with Gasteiger partial charge in [-0.2, -0.15) is 10.3 Å². The molecule has 0 amide bonds. The molecule has 4 rings (SSSR count). The Kier molecular flexibility index (Phi) is 4.30. The van der Waals surface area contributed by atoms with Gasteiger partial charge in [-0.25, -0.2) is 0 Å². The van der Waals surface area contributed by atoms with Crippen molar-refractivity contribution in [2.24, 2.45) is 0 Å². The molecule has 1 aromatic rings. The minimum Gasteiger partial charge on any atom is -0.323 e. The maximum absolute atomic E-state index is 11.1. The van der Waals surface area contributed by atoms with Crippen LogP contribution in [0.15, 0.2) is 53.4 Å². The van der Waals surface area contributed by atoms with Crippen molar-refractivity contribution >= 4 is 0 Å². The van der Waals surface area contributed by atoms with Gasteiger partial charge in [0.25, 0.3) is 0 Å². The van der Waals surface area contributed by atoms with Crippen LogP contribution in [0.1, 0.15) is 35.6 Å². The van der Waals surface area contributed by atoms with E-state index >= 15 is 0 Å². The molecule has 3 unspecified atom stereocenters. The molecule has 138 valence electrons. The average molecular weight is 363 g/mol. The third-order valence-electron chi connectivity index (χ3n) is 5.57. The van der Waals surface area contributed by atoms with E-state index in [1.165, 1.54) is 16.7 Å². The lowest BCUT2D eigenvalue weighted by Gasteiger charge is -2.43. The summed E-state index contributed by atoms with van der Waals surface area (Å²) in [6.45, 7) is 4.17. The Labute approximate surface area is 157 Å². The minimum atomic E-state index is -0.321. The standard InChI is InChI=1S/C20H21N5O2/c1-12-3-6-17(13(2)7-12)19-9-18(14-4-5-16(8-14)25(26)27)23-20-15(10-21)11-22-24(19)20/h3-7,11,18-20,22-23H,8-9H2,1-2H3. The molecule has 0 aromatic heterocycles. The van der Waals surface area contributed by atoms with Gasteiger partial charge in [0.05, 0.1) is 29.0 Å². The first kappa shape index (κ1) is 17.5. The molecular formula is C20H21N5O2. The van der Waals surface area contributed by atoms with Gasteiger partial charge in [0.1, 0.15) is 6.17 Å². The molecule has 2 N–H and O–H groups in total. The molecule has 3 atom stereocenters. The van der Waals surface area contributed by atoms with Crippen molar-refractivity contribution in [3.8, 4) is 6.07 Å². The number of nitro groups is 1. The van der Waals surface area contributed by atoms with Crippen molar-refractivity contribution < 1.29 is 4.92 Å². The van der Waals surface area contributed by atoms with Crippen LogP contribution >= 0.6 is 0 Å². The SMILES string of the molecule is Cc1ccc(C2CC(C3=CC=C([N+](=O)[O-])C3)NC3C(C#N)=CNN32)c(C)c1. The number of rotatable bonds is 3. The van der Waals surface area contributed by atoms with Crippen molar-refractivity contribution in [1.82, 2.24) is 15.8 Å². The van der Waals surface area contributed by atoms with Crippen LogP contribution < -0.4 is 10.7 Å². The van der Waals surface area contributed by atoms with E-state index in [1.807, 2.05) is 6.08 Å². The maximum atomic E-state index is 11.1. The summed E-state index contributed by atoms with van der Waals surface area (Å²) in [6.07, 6.45) is 6.03. The maximum Gasteiger partial charge on any atom is 0.250 e. The number of allylic oxidation sites excluding steroid dienone is 3. The Bertz CT molecular complexity index is 940. The lowest BCUT2D eigenvalue weighted by atomic mass is 9.88. The zero-order valence-electron chi connectivity index (χ0n) is 15.3. The molecule has 27 heavy (non-hydrogen) atoms. The summed E-state index contributed by atoms with van der Waals surface area (Å²) in [7, 11) is 0. The van der Waals surface area contributed by atoms with Crippen LogP contribution in [0.2, 0.25) is 0 Å². The van der Waals surface area contributed by atoms with Crippen molar-refractivity contribution in [3.63, 3.8) is 0 Å². The third kappa shape index (κ3) is 3.03. The minimum absolute atomic E-state index is 0.0256. The second kappa shape index (κ2) is 6.65. The highest BCUT2D eigenvalue weighted by atomic mass is 16.6. The molecule has 3 aliphatic rings. The van der Waals surface area contributed by atoms with Crippen LogP contribution in [0.3, 0.4) is 0 Å². The number of nitriles is 1. The number of benzene rings is 1. The molecule has 0 saturated carbocycles. The summed E-state index contributed by atoms with van der Waals surface area (Å²) in [5.41, 5.74) is 8.70. The highest BCUT2D eigenvalue weighted by molar-refractivity contribution is 5.39. The first-order valence-corrected chi connectivity index (χ1v) is 9.00. The smallest absolute Gasteiger partial charge is 0.250 e. The van der Waals surface area contributed by atoms with Gasteiger partial charge in [0.2, 0.25) is 5.70 Å². The normalized spacial score (nSPS) is 27.1. The second-order valence-electron chi connectivity index (χ2n) is 7.31. The van der Waals surface area contributed by atoms with E-state index in [4.69, 9.17) is 0 Å². The van der Waals surface area contributed by atoms with E-state index in [2.05, 4.69) is 53.9 Å². The number of fused-ring (bicyclic) bond motifs is 1. The van der Waals surface area contributed by atoms with E-state index in [9.17, 15) is 15.4 Å². The molecule has 7 nitrogen and oxygen atoms in total. The first-order valence-electron chi connectivity index (χ1n) is 9.00. The molecule has 0 radical (unpaired) electrons. The Morgan fingerprint density at radius 3 is 2.81 bits per heavy atom. The Hall–Kier alpha value is -2.95. The molecule has 2 aliphatic heterocycles. The van der Waals surface area contributed by atoms with Crippen LogP contribution in [-0.4, -0.2) is 22.1 Å². The van der Waals surface area contributed by atoms with Gasteiger partial charge in [-0.1, -0.05) is 29.8 Å². The van der Waals surface area contributed by atoms with Gasteiger partial charge in [-0.05, 0) is 37.0 Å². The highest BCUT2D eigenvalue weighted by Gasteiger charge is 2.42. The molecular weight excluding hydrogens is 342 g/mol. The van der Waals surface area contributed by atoms with E-state index in [-0.39, 0.29) is 28.9 Å². The van der Waals surface area contributed by atoms with Crippen molar-refractivity contribution in [3.05, 3.63) is 80.2 Å². The average Bonchev–Trinajstić information content (AvgIpc) is 3.28. The summed E-state index contributed by atoms with van der Waals surface area (Å²) in [5.74, 6) is 0. The van der Waals surface area contributed by atoms with Crippen LogP contribution in [0.5, 0.6) is 0 Å². The number of hydrazine groups is 1. The molecule has 1 aromatic carbocycles. The molecule has 0 spiro atoms. The van der Waals surface area contributed by atoms with Gasteiger partial charge in [0.15, 0.2) is 0 Å². The fourth-order valence-electron chi connectivity index (χ4n) is 4.21. The number of hydrogen-bond acceptors (Lipinski definition) is 6. The van der Waals surface area contributed by atoms with Crippen LogP contribution in [0.4, 0.5) is 0 Å². The summed E-state index contributed by atoms with van der Waals surface area (Å²) >= 11 is 0. The molecule has 0 bridgehead atoms. The predicted octanol–water partition coefficient (Wildman–Crippen LogP) is 2.75. The van der Waals surface area contributed by atoms with E-state index in [0.29, 0.717) is 12.0 Å². The summed E-state index contributed by atoms with van der Waals surface area (Å²) in [6, 6.07) is 8.69. The quantitative estimate of drug-likeness (QED) is 0.633. The zero-order valence-corrected chi connectivity index (χ0v) is 15.3. The van der Waals surface area contributed by atoms with Gasteiger partial charge in [0, 0.05) is 18.3 Å². The number of hydrogen-bond donors (Lipinski definition) is 2. The predicted molar refractivity (Wildman–Crippen MR) is 100 cm³/mol. The highest BCUT2D eigenvalue weighted by Crippen LogP contribution is 2.38. The fourth-order valence-corrected chi connectivity index (χ4v) is 4.21. The molecule has 1 aliphatic carbocycles. The Balaban J connectivity index is 1.65. The van der Waals surface area contributed by atoms with Crippen molar-refractivity contribution in [2.75, 3.05) is 0 Å². The van der Waals surface area contributed by atoms with Gasteiger partial charge < -0.3 is 5.43 Å². The molecule has 1 fully saturated rings. The van der Waals surface area contributed by atoms with Crippen LogP contribution in [0.25, 0.3) is 0 Å². The van der Waals surface area contributed by atoms with Crippen molar-refractivity contribution in [1.29, 1.82) is 5.26 Å². The van der Waals surface area contributed by atoms with Gasteiger partial charge in [-0.15, -0.1) is 0 Å². The van der Waals surface area contributed by atoms with Crippen LogP contribution in [-0.2, 0) is 0 Å². The lowest BCUT2D eigenvalue weighted by molar-refractivity contribution is -0.426. The summed E-state index contributed by atoms with van der Waals surface area (Å²) in [4.78, 5) is 10.8. The Morgan fingerprint density at radius 1 is 1.33 bits per heavy atom. The van der Waals surface area contributed by atoms with E-state index in [0.717, 1.165) is 12.0 Å². The van der Waals surface area contributed by atoms with E-state index in [1.54, 1.807) is 12.3 Å². The lowest BCUT2D eigenvalue weighted by Crippen LogP contribution is -2.58. The topological polar surface area (TPSA) is 94.2 Å². The van der Waals surface area contributed by atoms with E-state index < -0.39 is 0 Å². The fraction of sp³-hybridized carbons (Fsp3) is 0.350. The number of nitrogens with zero attached hydrogens (tertiary/aromatic N) is 3.